The minimum atomic E-state index is 0.574. The summed E-state index contributed by atoms with van der Waals surface area (Å²) in [7, 11) is 0. The number of anilines is 3. The van der Waals surface area contributed by atoms with Gasteiger partial charge in [0.2, 0.25) is 5.89 Å². The van der Waals surface area contributed by atoms with Crippen molar-refractivity contribution < 1.29 is 13.3 Å². The van der Waals surface area contributed by atoms with Crippen LogP contribution in [-0.4, -0.2) is 4.98 Å². The van der Waals surface area contributed by atoms with Gasteiger partial charge in [-0.05, 0) is 101 Å². The molecule has 0 atom stereocenters. The molecule has 5 nitrogen and oxygen atoms in total. The maximum absolute atomic E-state index is 6.62. The highest BCUT2D eigenvalue weighted by Gasteiger charge is 2.22. The molecular formula is C55H34N2O3. The monoisotopic (exact) mass is 770 g/mol. The summed E-state index contributed by atoms with van der Waals surface area (Å²) in [6.45, 7) is 0. The summed E-state index contributed by atoms with van der Waals surface area (Å²) in [5, 5.41) is 4.16. The van der Waals surface area contributed by atoms with Gasteiger partial charge in [0.25, 0.3) is 0 Å². The molecule has 0 fully saturated rings. The van der Waals surface area contributed by atoms with Crippen molar-refractivity contribution >= 4 is 72.0 Å². The van der Waals surface area contributed by atoms with Gasteiger partial charge in [0.15, 0.2) is 5.58 Å². The van der Waals surface area contributed by atoms with E-state index in [2.05, 4.69) is 138 Å². The Morgan fingerprint density at radius 1 is 0.333 bits per heavy atom. The van der Waals surface area contributed by atoms with Gasteiger partial charge in [-0.25, -0.2) is 4.98 Å². The average molecular weight is 771 g/mol. The number of oxazole rings is 1. The lowest BCUT2D eigenvalue weighted by atomic mass is 9.98. The lowest BCUT2D eigenvalue weighted by Gasteiger charge is -2.26. The number of para-hydroxylation sites is 2. The molecule has 0 saturated heterocycles. The van der Waals surface area contributed by atoms with E-state index in [4.69, 9.17) is 18.2 Å². The summed E-state index contributed by atoms with van der Waals surface area (Å²) in [5.74, 6) is 0.574. The first-order valence-corrected chi connectivity index (χ1v) is 20.1. The van der Waals surface area contributed by atoms with Crippen molar-refractivity contribution in [3.63, 3.8) is 0 Å². The second-order valence-electron chi connectivity index (χ2n) is 15.1. The van der Waals surface area contributed by atoms with Gasteiger partial charge >= 0.3 is 0 Å². The molecule has 0 radical (unpaired) electrons. The number of hydrogen-bond donors (Lipinski definition) is 0. The average Bonchev–Trinajstić information content (AvgIpc) is 4.04. The lowest BCUT2D eigenvalue weighted by molar-refractivity contribution is 0.622. The van der Waals surface area contributed by atoms with E-state index >= 15 is 0 Å². The summed E-state index contributed by atoms with van der Waals surface area (Å²) in [6, 6.07) is 71.6. The fourth-order valence-electron chi connectivity index (χ4n) is 8.69. The maximum Gasteiger partial charge on any atom is 0.227 e. The zero-order valence-corrected chi connectivity index (χ0v) is 32.2. The minimum absolute atomic E-state index is 0.574. The molecule has 60 heavy (non-hydrogen) atoms. The van der Waals surface area contributed by atoms with Gasteiger partial charge in [0, 0.05) is 44.3 Å². The van der Waals surface area contributed by atoms with Crippen LogP contribution in [0, 0.1) is 0 Å². The van der Waals surface area contributed by atoms with Crippen molar-refractivity contribution in [1.82, 2.24) is 4.98 Å². The summed E-state index contributed by atoms with van der Waals surface area (Å²) in [6.07, 6.45) is 0. The molecule has 0 bridgehead atoms. The molecule has 0 N–H and O–H groups in total. The zero-order valence-electron chi connectivity index (χ0n) is 32.2. The predicted molar refractivity (Wildman–Crippen MR) is 245 cm³/mol. The lowest BCUT2D eigenvalue weighted by Crippen LogP contribution is -2.10. The summed E-state index contributed by atoms with van der Waals surface area (Å²) in [4.78, 5) is 7.45. The molecule has 0 saturated carbocycles. The third-order valence-corrected chi connectivity index (χ3v) is 11.5. The topological polar surface area (TPSA) is 55.6 Å². The van der Waals surface area contributed by atoms with E-state index < -0.39 is 0 Å². The molecule has 0 spiro atoms. The van der Waals surface area contributed by atoms with E-state index in [0.29, 0.717) is 11.5 Å². The number of benzene rings is 9. The van der Waals surface area contributed by atoms with Gasteiger partial charge in [0.05, 0.1) is 5.39 Å². The fourth-order valence-corrected chi connectivity index (χ4v) is 8.69. The molecule has 282 valence electrons. The van der Waals surface area contributed by atoms with E-state index in [-0.39, 0.29) is 0 Å². The molecule has 0 aliphatic rings. The predicted octanol–water partition coefficient (Wildman–Crippen LogP) is 15.8. The first-order valence-electron chi connectivity index (χ1n) is 20.1. The summed E-state index contributed by atoms with van der Waals surface area (Å²) >= 11 is 0. The number of nitrogens with zero attached hydrogens (tertiary/aromatic N) is 2. The van der Waals surface area contributed by atoms with Crippen LogP contribution in [0.1, 0.15) is 0 Å². The Bertz CT molecular complexity index is 3530. The van der Waals surface area contributed by atoms with Crippen LogP contribution in [0.3, 0.4) is 0 Å². The van der Waals surface area contributed by atoms with E-state index in [1.165, 1.54) is 5.56 Å². The normalized spacial score (nSPS) is 11.7. The number of furan rings is 2. The highest BCUT2D eigenvalue weighted by Crippen LogP contribution is 2.44. The number of fused-ring (bicyclic) bond motifs is 8. The molecule has 9 aromatic carbocycles. The third-order valence-electron chi connectivity index (χ3n) is 11.5. The van der Waals surface area contributed by atoms with Gasteiger partial charge in [-0.1, -0.05) is 133 Å². The zero-order chi connectivity index (χ0) is 39.6. The third kappa shape index (κ3) is 5.59. The van der Waals surface area contributed by atoms with Crippen molar-refractivity contribution in [3.05, 3.63) is 206 Å². The molecule has 0 unspecified atom stereocenters. The van der Waals surface area contributed by atoms with Crippen LogP contribution in [-0.2, 0) is 0 Å². The van der Waals surface area contributed by atoms with Crippen LogP contribution < -0.4 is 4.90 Å². The Kier molecular flexibility index (Phi) is 7.78. The van der Waals surface area contributed by atoms with Gasteiger partial charge in [-0.2, -0.15) is 0 Å². The van der Waals surface area contributed by atoms with Crippen LogP contribution in [0.2, 0.25) is 0 Å². The SMILES string of the molecule is c1ccc(-c2ccc(N(c3ccc(-c4cc5oc6ccccc6c5c5oc(-c6ccccc6)nc45)cc3)c3cccc(-c4cccc5oc6ccccc6c45)c3)cc2)cc1. The molecule has 0 amide bonds. The largest absolute Gasteiger partial charge is 0.456 e. The highest BCUT2D eigenvalue weighted by atomic mass is 16.4. The fraction of sp³-hybridized carbons (Fsp3) is 0. The van der Waals surface area contributed by atoms with E-state index in [1.807, 2.05) is 72.8 Å². The smallest absolute Gasteiger partial charge is 0.227 e. The molecule has 3 aromatic heterocycles. The van der Waals surface area contributed by atoms with E-state index in [1.54, 1.807) is 0 Å². The molecule has 12 rings (SSSR count). The summed E-state index contributed by atoms with van der Waals surface area (Å²) in [5.41, 5.74) is 15.4. The molecule has 12 aromatic rings. The van der Waals surface area contributed by atoms with Gasteiger partial charge < -0.3 is 18.2 Å². The Balaban J connectivity index is 1.01. The molecular weight excluding hydrogens is 737 g/mol. The van der Waals surface area contributed by atoms with E-state index in [9.17, 15) is 0 Å². The van der Waals surface area contributed by atoms with E-state index in [0.717, 1.165) is 99.8 Å². The van der Waals surface area contributed by atoms with Crippen LogP contribution in [0.25, 0.3) is 99.8 Å². The summed E-state index contributed by atoms with van der Waals surface area (Å²) < 4.78 is 19.4. The first kappa shape index (κ1) is 33.9. The van der Waals surface area contributed by atoms with Crippen LogP contribution in [0.15, 0.2) is 220 Å². The van der Waals surface area contributed by atoms with Crippen LogP contribution in [0.4, 0.5) is 17.1 Å². The Morgan fingerprint density at radius 3 is 1.60 bits per heavy atom. The van der Waals surface area contributed by atoms with Crippen LogP contribution >= 0.6 is 0 Å². The Morgan fingerprint density at radius 2 is 0.883 bits per heavy atom. The number of hydrogen-bond acceptors (Lipinski definition) is 5. The van der Waals surface area contributed by atoms with Crippen molar-refractivity contribution in [2.24, 2.45) is 0 Å². The molecule has 0 aliphatic carbocycles. The Hall–Kier alpha value is -8.15. The highest BCUT2D eigenvalue weighted by molar-refractivity contribution is 6.19. The molecule has 3 heterocycles. The van der Waals surface area contributed by atoms with Crippen LogP contribution in [0.5, 0.6) is 0 Å². The van der Waals surface area contributed by atoms with Crippen molar-refractivity contribution in [1.29, 1.82) is 0 Å². The van der Waals surface area contributed by atoms with Crippen molar-refractivity contribution in [3.8, 4) is 44.8 Å². The minimum Gasteiger partial charge on any atom is -0.456 e. The second kappa shape index (κ2) is 13.8. The number of aromatic nitrogens is 1. The second-order valence-corrected chi connectivity index (χ2v) is 15.1. The standard InChI is InChI=1S/C55H34N2O3/c1-3-13-35(14-4-1)36-25-29-40(30-26-36)57(42-18-11-17-39(33-42)43-21-12-24-49-51(43)44-19-7-9-22-47(44)58-49)41-31-27-37(28-32-41)46-34-50-52(45-20-8-10-23-48(45)59-50)54-53(46)56-55(60-54)38-15-5-2-6-16-38/h1-34H. The first-order chi connectivity index (χ1) is 29.7. The van der Waals surface area contributed by atoms with Crippen molar-refractivity contribution in [2.75, 3.05) is 4.90 Å². The van der Waals surface area contributed by atoms with Gasteiger partial charge in [-0.15, -0.1) is 0 Å². The van der Waals surface area contributed by atoms with Gasteiger partial charge in [-0.3, -0.25) is 0 Å². The maximum atomic E-state index is 6.62. The van der Waals surface area contributed by atoms with Gasteiger partial charge in [0.1, 0.15) is 27.8 Å². The Labute approximate surface area is 345 Å². The van der Waals surface area contributed by atoms with Crippen molar-refractivity contribution in [2.45, 2.75) is 0 Å². The quantitative estimate of drug-likeness (QED) is 0.162. The molecule has 0 aliphatic heterocycles. The number of rotatable bonds is 7. The molecule has 5 heteroatoms.